The number of hydrogen-bond donors (Lipinski definition) is 1. The number of anilines is 1. The second-order valence-corrected chi connectivity index (χ2v) is 6.70. The van der Waals surface area contributed by atoms with Crippen molar-refractivity contribution >= 4 is 29.5 Å². The molecule has 0 aliphatic carbocycles. The molecule has 0 spiro atoms. The first-order valence-corrected chi connectivity index (χ1v) is 9.56. The molecule has 158 valence electrons. The van der Waals surface area contributed by atoms with E-state index in [0.717, 1.165) is 17.4 Å². The molecule has 0 fully saturated rings. The molecule has 6 nitrogen and oxygen atoms in total. The Balaban J connectivity index is 1.77. The van der Waals surface area contributed by atoms with Crippen LogP contribution in [0.15, 0.2) is 66.7 Å². The monoisotopic (exact) mass is 417 g/mol. The van der Waals surface area contributed by atoms with Gasteiger partial charge in [-0.2, -0.15) is 0 Å². The Kier molecular flexibility index (Phi) is 7.06. The number of amides is 1. The molecular weight excluding hydrogens is 394 g/mol. The molecule has 0 saturated carbocycles. The van der Waals surface area contributed by atoms with Crippen molar-refractivity contribution in [2.75, 3.05) is 19.5 Å². The largest absolute Gasteiger partial charge is 0.497 e. The van der Waals surface area contributed by atoms with Crippen molar-refractivity contribution in [3.05, 3.63) is 77.9 Å². The van der Waals surface area contributed by atoms with Gasteiger partial charge in [-0.15, -0.1) is 0 Å². The summed E-state index contributed by atoms with van der Waals surface area (Å²) >= 11 is 0. The molecule has 1 N–H and O–H groups in total. The van der Waals surface area contributed by atoms with Gasteiger partial charge in [-0.3, -0.25) is 9.59 Å². The first-order valence-electron chi connectivity index (χ1n) is 9.56. The van der Waals surface area contributed by atoms with E-state index in [9.17, 15) is 9.59 Å². The van der Waals surface area contributed by atoms with Crippen LogP contribution in [-0.4, -0.2) is 26.4 Å². The lowest BCUT2D eigenvalue weighted by Crippen LogP contribution is -2.05. The minimum Gasteiger partial charge on any atom is -0.497 e. The molecule has 3 aromatic rings. The predicted octanol–water partition coefficient (Wildman–Crippen LogP) is 5.19. The number of allylic oxidation sites excluding steroid dienone is 1. The van der Waals surface area contributed by atoms with Crippen LogP contribution in [0, 0.1) is 0 Å². The van der Waals surface area contributed by atoms with Gasteiger partial charge in [-0.1, -0.05) is 12.1 Å². The third-order valence-electron chi connectivity index (χ3n) is 4.42. The fourth-order valence-electron chi connectivity index (χ4n) is 2.94. The van der Waals surface area contributed by atoms with Gasteiger partial charge in [0.25, 0.3) is 0 Å². The summed E-state index contributed by atoms with van der Waals surface area (Å²) in [6.07, 6.45) is 2.58. The van der Waals surface area contributed by atoms with E-state index in [1.807, 2.05) is 24.3 Å². The molecule has 0 unspecified atom stereocenters. The fourth-order valence-corrected chi connectivity index (χ4v) is 2.94. The third kappa shape index (κ3) is 5.96. The van der Waals surface area contributed by atoms with Crippen molar-refractivity contribution in [2.24, 2.45) is 0 Å². The SMILES string of the molecule is COc1cc(/C=C(/C=O)c2ccc(Oc3ccc(NC(C)=O)cc3)cc2)cc(OC)c1. The maximum absolute atomic E-state index is 11.7. The lowest BCUT2D eigenvalue weighted by molar-refractivity contribution is -0.114. The molecule has 0 radical (unpaired) electrons. The van der Waals surface area contributed by atoms with Crippen LogP contribution in [0.1, 0.15) is 18.1 Å². The van der Waals surface area contributed by atoms with E-state index >= 15 is 0 Å². The van der Waals surface area contributed by atoms with Gasteiger partial charge in [0.15, 0.2) is 6.29 Å². The van der Waals surface area contributed by atoms with Crippen LogP contribution in [0.5, 0.6) is 23.0 Å². The maximum Gasteiger partial charge on any atom is 0.221 e. The molecule has 0 aliphatic rings. The van der Waals surface area contributed by atoms with Crippen molar-refractivity contribution in [3.63, 3.8) is 0 Å². The van der Waals surface area contributed by atoms with Crippen LogP contribution in [0.3, 0.4) is 0 Å². The Bertz CT molecular complexity index is 1060. The van der Waals surface area contributed by atoms with Gasteiger partial charge < -0.3 is 19.5 Å². The van der Waals surface area contributed by atoms with E-state index < -0.39 is 0 Å². The highest BCUT2D eigenvalue weighted by Gasteiger charge is 2.06. The number of benzene rings is 3. The van der Waals surface area contributed by atoms with Crippen molar-refractivity contribution in [2.45, 2.75) is 6.92 Å². The van der Waals surface area contributed by atoms with E-state index in [1.165, 1.54) is 6.92 Å². The van der Waals surface area contributed by atoms with Crippen molar-refractivity contribution < 1.29 is 23.8 Å². The standard InChI is InChI=1S/C25H23NO5/c1-17(28)26-21-6-10-23(11-7-21)31-22-8-4-19(5-9-22)20(16-27)12-18-13-24(29-2)15-25(14-18)30-3/h4-16H,1-3H3,(H,26,28)/b20-12-. The minimum atomic E-state index is -0.129. The molecule has 3 aromatic carbocycles. The van der Waals surface area contributed by atoms with Gasteiger partial charge in [0.05, 0.1) is 14.2 Å². The van der Waals surface area contributed by atoms with Gasteiger partial charge >= 0.3 is 0 Å². The van der Waals surface area contributed by atoms with Gasteiger partial charge in [-0.05, 0) is 65.7 Å². The zero-order valence-electron chi connectivity index (χ0n) is 17.5. The normalized spacial score (nSPS) is 10.9. The van der Waals surface area contributed by atoms with Gasteiger partial charge in [-0.25, -0.2) is 0 Å². The number of methoxy groups -OCH3 is 2. The zero-order chi connectivity index (χ0) is 22.2. The van der Waals surface area contributed by atoms with Crippen LogP contribution in [0.25, 0.3) is 11.6 Å². The van der Waals surface area contributed by atoms with Crippen molar-refractivity contribution in [1.82, 2.24) is 0 Å². The average molecular weight is 417 g/mol. The van der Waals surface area contributed by atoms with E-state index in [4.69, 9.17) is 14.2 Å². The highest BCUT2D eigenvalue weighted by Crippen LogP contribution is 2.28. The lowest BCUT2D eigenvalue weighted by Gasteiger charge is -2.09. The molecule has 0 saturated heterocycles. The van der Waals surface area contributed by atoms with Crippen LogP contribution in [-0.2, 0) is 9.59 Å². The number of carbonyl (C=O) groups is 2. The minimum absolute atomic E-state index is 0.129. The molecule has 1 amide bonds. The molecule has 3 rings (SSSR count). The Labute approximate surface area is 181 Å². The summed E-state index contributed by atoms with van der Waals surface area (Å²) in [7, 11) is 3.16. The average Bonchev–Trinajstić information content (AvgIpc) is 2.78. The first-order chi connectivity index (χ1) is 15.0. The molecule has 0 atom stereocenters. The fraction of sp³-hybridized carbons (Fsp3) is 0.120. The van der Waals surface area contributed by atoms with E-state index in [1.54, 1.807) is 62.8 Å². The summed E-state index contributed by atoms with van der Waals surface area (Å²) in [6, 6.07) is 19.7. The van der Waals surface area contributed by atoms with Crippen LogP contribution in [0.2, 0.25) is 0 Å². The summed E-state index contributed by atoms with van der Waals surface area (Å²) in [6.45, 7) is 1.46. The highest BCUT2D eigenvalue weighted by atomic mass is 16.5. The summed E-state index contributed by atoms with van der Waals surface area (Å²) in [5, 5.41) is 2.71. The van der Waals surface area contributed by atoms with Gasteiger partial charge in [0.2, 0.25) is 5.91 Å². The Hall–Kier alpha value is -4.06. The first kappa shape index (κ1) is 21.6. The molecule has 31 heavy (non-hydrogen) atoms. The molecular formula is C25H23NO5. The summed E-state index contributed by atoms with van der Waals surface area (Å²) in [5.74, 6) is 2.42. The van der Waals surface area contributed by atoms with E-state index in [-0.39, 0.29) is 5.91 Å². The number of ether oxygens (including phenoxy) is 3. The van der Waals surface area contributed by atoms with E-state index in [0.29, 0.717) is 34.3 Å². The van der Waals surface area contributed by atoms with Gasteiger partial charge in [0, 0.05) is 24.3 Å². The highest BCUT2D eigenvalue weighted by molar-refractivity contribution is 6.13. The summed E-state index contributed by atoms with van der Waals surface area (Å²) in [5.41, 5.74) is 2.76. The number of aldehydes is 1. The summed E-state index contributed by atoms with van der Waals surface area (Å²) < 4.78 is 16.4. The molecule has 0 bridgehead atoms. The topological polar surface area (TPSA) is 73.9 Å². The number of hydrogen-bond acceptors (Lipinski definition) is 5. The van der Waals surface area contributed by atoms with Crippen LogP contribution >= 0.6 is 0 Å². The maximum atomic E-state index is 11.7. The second kappa shape index (κ2) is 10.1. The molecule has 0 heterocycles. The quantitative estimate of drug-likeness (QED) is 0.310. The van der Waals surface area contributed by atoms with Crippen molar-refractivity contribution in [1.29, 1.82) is 0 Å². The molecule has 0 aromatic heterocycles. The third-order valence-corrected chi connectivity index (χ3v) is 4.42. The smallest absolute Gasteiger partial charge is 0.221 e. The zero-order valence-corrected chi connectivity index (χ0v) is 17.5. The lowest BCUT2D eigenvalue weighted by atomic mass is 10.0. The molecule has 6 heteroatoms. The Morgan fingerprint density at radius 1 is 0.806 bits per heavy atom. The van der Waals surface area contributed by atoms with Crippen LogP contribution < -0.4 is 19.5 Å². The Morgan fingerprint density at radius 2 is 1.35 bits per heavy atom. The van der Waals surface area contributed by atoms with Crippen LogP contribution in [0.4, 0.5) is 5.69 Å². The summed E-state index contributed by atoms with van der Waals surface area (Å²) in [4.78, 5) is 22.8. The second-order valence-electron chi connectivity index (χ2n) is 6.70. The molecule has 0 aliphatic heterocycles. The number of carbonyl (C=O) groups excluding carboxylic acids is 2. The Morgan fingerprint density at radius 3 is 1.84 bits per heavy atom. The van der Waals surface area contributed by atoms with Crippen molar-refractivity contribution in [3.8, 4) is 23.0 Å². The number of nitrogens with one attached hydrogen (secondary N) is 1. The number of rotatable bonds is 8. The van der Waals surface area contributed by atoms with Gasteiger partial charge in [0.1, 0.15) is 23.0 Å². The van der Waals surface area contributed by atoms with E-state index in [2.05, 4.69) is 5.32 Å². The predicted molar refractivity (Wildman–Crippen MR) is 121 cm³/mol.